The molecule has 0 amide bonds. The Kier molecular flexibility index (Phi) is 9.32. The average Bonchev–Trinajstić information content (AvgIpc) is 2.62. The van der Waals surface area contributed by atoms with Gasteiger partial charge in [0.2, 0.25) is 0 Å². The normalized spacial score (nSPS) is 11.1. The molecular formula is C21H27Cl2FN2O2. The molecule has 0 heterocycles. The van der Waals surface area contributed by atoms with Gasteiger partial charge >= 0.3 is 0 Å². The van der Waals surface area contributed by atoms with Crippen LogP contribution in [-0.2, 0) is 13.2 Å². The summed E-state index contributed by atoms with van der Waals surface area (Å²) in [6, 6.07) is 8.00. The maximum absolute atomic E-state index is 13.2. The molecule has 154 valence electrons. The molecule has 0 aliphatic carbocycles. The summed E-state index contributed by atoms with van der Waals surface area (Å²) in [4.78, 5) is 2.16. The second kappa shape index (κ2) is 11.5. The maximum atomic E-state index is 13.2. The Morgan fingerprint density at radius 3 is 2.54 bits per heavy atom. The molecule has 0 aromatic heterocycles. The van der Waals surface area contributed by atoms with Crippen LogP contribution in [0.15, 0.2) is 30.3 Å². The van der Waals surface area contributed by atoms with E-state index in [1.54, 1.807) is 6.07 Å². The minimum absolute atomic E-state index is 0.168. The van der Waals surface area contributed by atoms with Gasteiger partial charge in [-0.05, 0) is 70.4 Å². The molecule has 0 saturated carbocycles. The maximum Gasteiger partial charge on any atom is 0.180 e. The molecule has 1 N–H and O–H groups in total. The summed E-state index contributed by atoms with van der Waals surface area (Å²) in [5, 5.41) is 4.19. The summed E-state index contributed by atoms with van der Waals surface area (Å²) in [6.45, 7) is 5.21. The summed E-state index contributed by atoms with van der Waals surface area (Å²) in [5.74, 6) is 0.655. The van der Waals surface area contributed by atoms with Gasteiger partial charge < -0.3 is 19.7 Å². The molecule has 28 heavy (non-hydrogen) atoms. The number of nitrogens with zero attached hydrogens (tertiary/aromatic N) is 1. The van der Waals surface area contributed by atoms with Crippen molar-refractivity contribution in [3.63, 3.8) is 0 Å². The van der Waals surface area contributed by atoms with Crippen LogP contribution in [0, 0.1) is 5.82 Å². The Hall–Kier alpha value is -1.53. The fourth-order valence-corrected chi connectivity index (χ4v) is 3.18. The predicted molar refractivity (Wildman–Crippen MR) is 113 cm³/mol. The second-order valence-corrected chi connectivity index (χ2v) is 7.51. The van der Waals surface area contributed by atoms with Crippen LogP contribution in [-0.4, -0.2) is 38.7 Å². The molecule has 0 unspecified atom stereocenters. The third-order valence-corrected chi connectivity index (χ3v) is 4.68. The number of ether oxygens (including phenoxy) is 2. The van der Waals surface area contributed by atoms with Gasteiger partial charge in [-0.3, -0.25) is 0 Å². The SMILES string of the molecule is CCOc1cc(CNCCCN(C)C)cc(Cl)c1OCc1ccc(F)cc1Cl. The number of hydrogen-bond acceptors (Lipinski definition) is 4. The Morgan fingerprint density at radius 2 is 1.86 bits per heavy atom. The van der Waals surface area contributed by atoms with Gasteiger partial charge in [-0.1, -0.05) is 29.3 Å². The molecule has 0 spiro atoms. The fourth-order valence-electron chi connectivity index (χ4n) is 2.67. The van der Waals surface area contributed by atoms with Gasteiger partial charge in [-0.2, -0.15) is 0 Å². The first-order valence-corrected chi connectivity index (χ1v) is 10.0. The van der Waals surface area contributed by atoms with Crippen molar-refractivity contribution in [2.75, 3.05) is 33.8 Å². The van der Waals surface area contributed by atoms with Crippen molar-refractivity contribution in [1.29, 1.82) is 0 Å². The Balaban J connectivity index is 2.04. The monoisotopic (exact) mass is 428 g/mol. The lowest BCUT2D eigenvalue weighted by Gasteiger charge is -2.16. The summed E-state index contributed by atoms with van der Waals surface area (Å²) < 4.78 is 24.8. The van der Waals surface area contributed by atoms with Gasteiger partial charge in [0, 0.05) is 12.1 Å². The molecule has 0 radical (unpaired) electrons. The van der Waals surface area contributed by atoms with E-state index in [0.717, 1.165) is 25.1 Å². The van der Waals surface area contributed by atoms with E-state index in [1.807, 2.05) is 19.1 Å². The molecule has 0 aliphatic heterocycles. The zero-order chi connectivity index (χ0) is 20.5. The van der Waals surface area contributed by atoms with Crippen LogP contribution < -0.4 is 14.8 Å². The largest absolute Gasteiger partial charge is 0.490 e. The van der Waals surface area contributed by atoms with Crippen LogP contribution in [0.3, 0.4) is 0 Å². The van der Waals surface area contributed by atoms with Crippen molar-refractivity contribution < 1.29 is 13.9 Å². The molecule has 0 aliphatic rings. The Morgan fingerprint density at radius 1 is 1.07 bits per heavy atom. The molecule has 0 saturated heterocycles. The number of hydrogen-bond donors (Lipinski definition) is 1. The van der Waals surface area contributed by atoms with E-state index < -0.39 is 0 Å². The summed E-state index contributed by atoms with van der Waals surface area (Å²) in [6.07, 6.45) is 1.07. The van der Waals surface area contributed by atoms with Gasteiger partial charge in [0.25, 0.3) is 0 Å². The van der Waals surface area contributed by atoms with Crippen molar-refractivity contribution in [1.82, 2.24) is 10.2 Å². The molecule has 2 rings (SSSR count). The third-order valence-electron chi connectivity index (χ3n) is 4.04. The van der Waals surface area contributed by atoms with E-state index in [9.17, 15) is 4.39 Å². The number of halogens is 3. The molecule has 0 atom stereocenters. The smallest absolute Gasteiger partial charge is 0.180 e. The van der Waals surface area contributed by atoms with Crippen LogP contribution in [0.5, 0.6) is 11.5 Å². The number of rotatable bonds is 11. The van der Waals surface area contributed by atoms with Crippen LogP contribution in [0.2, 0.25) is 10.0 Å². The molecular weight excluding hydrogens is 402 g/mol. The van der Waals surface area contributed by atoms with Gasteiger partial charge in [-0.15, -0.1) is 0 Å². The van der Waals surface area contributed by atoms with Crippen molar-refractivity contribution in [3.05, 3.63) is 57.3 Å². The first-order chi connectivity index (χ1) is 13.4. The summed E-state index contributed by atoms with van der Waals surface area (Å²) >= 11 is 12.5. The molecule has 2 aromatic rings. The Bertz CT molecular complexity index is 772. The molecule has 0 fully saturated rings. The minimum Gasteiger partial charge on any atom is -0.490 e. The zero-order valence-corrected chi connectivity index (χ0v) is 18.0. The lowest BCUT2D eigenvalue weighted by Crippen LogP contribution is -2.21. The second-order valence-electron chi connectivity index (χ2n) is 6.70. The predicted octanol–water partition coefficient (Wildman–Crippen LogP) is 5.15. The summed E-state index contributed by atoms with van der Waals surface area (Å²) in [5.41, 5.74) is 1.69. The van der Waals surface area contributed by atoms with Gasteiger partial charge in [0.1, 0.15) is 12.4 Å². The zero-order valence-electron chi connectivity index (χ0n) is 16.5. The lowest BCUT2D eigenvalue weighted by atomic mass is 10.2. The van der Waals surface area contributed by atoms with Gasteiger partial charge in [0.15, 0.2) is 11.5 Å². The topological polar surface area (TPSA) is 33.7 Å². The first kappa shape index (κ1) is 22.8. The van der Waals surface area contributed by atoms with Crippen molar-refractivity contribution in [2.24, 2.45) is 0 Å². The first-order valence-electron chi connectivity index (χ1n) is 9.28. The minimum atomic E-state index is -0.385. The van der Waals surface area contributed by atoms with E-state index in [0.29, 0.717) is 40.3 Å². The van der Waals surface area contributed by atoms with Crippen molar-refractivity contribution in [3.8, 4) is 11.5 Å². The summed E-state index contributed by atoms with van der Waals surface area (Å²) in [7, 11) is 4.12. The highest BCUT2D eigenvalue weighted by atomic mass is 35.5. The number of benzene rings is 2. The van der Waals surface area contributed by atoms with E-state index in [1.165, 1.54) is 12.1 Å². The van der Waals surface area contributed by atoms with Crippen LogP contribution in [0.4, 0.5) is 4.39 Å². The van der Waals surface area contributed by atoms with E-state index in [4.69, 9.17) is 32.7 Å². The van der Waals surface area contributed by atoms with Crippen molar-refractivity contribution in [2.45, 2.75) is 26.5 Å². The lowest BCUT2D eigenvalue weighted by molar-refractivity contribution is 0.269. The van der Waals surface area contributed by atoms with Crippen LogP contribution in [0.1, 0.15) is 24.5 Å². The molecule has 2 aromatic carbocycles. The fraction of sp³-hybridized carbons (Fsp3) is 0.429. The van der Waals surface area contributed by atoms with E-state index >= 15 is 0 Å². The van der Waals surface area contributed by atoms with Gasteiger partial charge in [-0.25, -0.2) is 4.39 Å². The average molecular weight is 429 g/mol. The van der Waals surface area contributed by atoms with Crippen molar-refractivity contribution >= 4 is 23.2 Å². The highest BCUT2D eigenvalue weighted by Gasteiger charge is 2.14. The molecule has 7 heteroatoms. The van der Waals surface area contributed by atoms with Gasteiger partial charge in [0.05, 0.1) is 16.7 Å². The standard InChI is InChI=1S/C21H27Cl2FN2O2/c1-4-27-20-11-15(13-25-8-5-9-26(2)3)10-19(23)21(20)28-14-16-6-7-17(24)12-18(16)22/h6-7,10-12,25H,4-5,8-9,13-14H2,1-3H3. The molecule has 4 nitrogen and oxygen atoms in total. The quantitative estimate of drug-likeness (QED) is 0.501. The number of nitrogens with one attached hydrogen (secondary N) is 1. The van der Waals surface area contributed by atoms with E-state index in [-0.39, 0.29) is 12.4 Å². The van der Waals surface area contributed by atoms with Crippen LogP contribution >= 0.6 is 23.2 Å². The van der Waals surface area contributed by atoms with E-state index in [2.05, 4.69) is 24.3 Å². The highest BCUT2D eigenvalue weighted by Crippen LogP contribution is 2.37. The van der Waals surface area contributed by atoms with Crippen LogP contribution in [0.25, 0.3) is 0 Å². The highest BCUT2D eigenvalue weighted by molar-refractivity contribution is 6.32. The third kappa shape index (κ3) is 7.13. The Labute approximate surface area is 176 Å². The molecule has 0 bridgehead atoms.